The molecule has 2 heteroatoms. The van der Waals surface area contributed by atoms with Gasteiger partial charge < -0.3 is 4.90 Å². The maximum atomic E-state index is 5.97. The molecule has 0 amide bonds. The van der Waals surface area contributed by atoms with Gasteiger partial charge in [-0.05, 0) is 18.6 Å². The van der Waals surface area contributed by atoms with Gasteiger partial charge in [-0.15, -0.1) is 0 Å². The zero-order valence-electron chi connectivity index (χ0n) is 13.1. The minimum Gasteiger partial charge on any atom is -0.349 e. The Hall–Kier alpha value is -1.05. The average molecular weight is 274 g/mol. The van der Waals surface area contributed by atoms with Crippen molar-refractivity contribution in [2.75, 3.05) is 11.4 Å². The van der Waals surface area contributed by atoms with Crippen molar-refractivity contribution in [1.29, 1.82) is 0 Å². The number of pyridine rings is 1. The van der Waals surface area contributed by atoms with Crippen LogP contribution in [-0.2, 0) is 0 Å². The molecule has 1 rings (SSSR count). The summed E-state index contributed by atoms with van der Waals surface area (Å²) in [5.41, 5.74) is 0. The molecule has 0 unspecified atom stereocenters. The van der Waals surface area contributed by atoms with E-state index in [2.05, 4.69) is 11.9 Å². The number of nitrogens with zero attached hydrogens (tertiary/aromatic N) is 2. The number of anilines is 1. The SMILES string of the molecule is [CH]N(CCCCCCCCCCCC)c1ccccn1. The van der Waals surface area contributed by atoms with Gasteiger partial charge in [0, 0.05) is 12.7 Å². The van der Waals surface area contributed by atoms with Gasteiger partial charge in [0.15, 0.2) is 0 Å². The molecule has 0 bridgehead atoms. The van der Waals surface area contributed by atoms with Crippen molar-refractivity contribution in [1.82, 2.24) is 4.98 Å². The number of rotatable bonds is 12. The van der Waals surface area contributed by atoms with Crippen LogP contribution in [-0.4, -0.2) is 11.5 Å². The van der Waals surface area contributed by atoms with Crippen molar-refractivity contribution < 1.29 is 0 Å². The summed E-state index contributed by atoms with van der Waals surface area (Å²) in [4.78, 5) is 6.00. The van der Waals surface area contributed by atoms with Crippen molar-refractivity contribution in [2.45, 2.75) is 71.1 Å². The lowest BCUT2D eigenvalue weighted by molar-refractivity contribution is 0.557. The summed E-state index contributed by atoms with van der Waals surface area (Å²) in [5, 5.41) is 0. The molecule has 0 saturated carbocycles. The van der Waals surface area contributed by atoms with Gasteiger partial charge in [0.25, 0.3) is 0 Å². The summed E-state index contributed by atoms with van der Waals surface area (Å²) in [5.74, 6) is 0.864. The summed E-state index contributed by atoms with van der Waals surface area (Å²) in [7, 11) is 5.97. The van der Waals surface area contributed by atoms with E-state index in [-0.39, 0.29) is 0 Å². The molecule has 0 aliphatic carbocycles. The van der Waals surface area contributed by atoms with Gasteiger partial charge in [-0.25, -0.2) is 4.98 Å². The molecular formula is C18H30N2. The zero-order chi connectivity index (χ0) is 14.5. The van der Waals surface area contributed by atoms with E-state index >= 15 is 0 Å². The van der Waals surface area contributed by atoms with E-state index in [4.69, 9.17) is 7.05 Å². The molecule has 2 nitrogen and oxygen atoms in total. The molecule has 0 fully saturated rings. The minimum absolute atomic E-state index is 0.864. The molecule has 1 heterocycles. The van der Waals surface area contributed by atoms with Crippen LogP contribution >= 0.6 is 0 Å². The van der Waals surface area contributed by atoms with E-state index in [0.717, 1.165) is 18.8 Å². The number of unbranched alkanes of at least 4 members (excludes halogenated alkanes) is 9. The second-order valence-electron chi connectivity index (χ2n) is 5.56. The fourth-order valence-corrected chi connectivity index (χ4v) is 2.41. The smallest absolute Gasteiger partial charge is 0.128 e. The van der Waals surface area contributed by atoms with Gasteiger partial charge in [-0.1, -0.05) is 70.8 Å². The van der Waals surface area contributed by atoms with Gasteiger partial charge >= 0.3 is 0 Å². The molecule has 1 aromatic heterocycles. The second-order valence-corrected chi connectivity index (χ2v) is 5.56. The van der Waals surface area contributed by atoms with Crippen LogP contribution in [0.1, 0.15) is 71.1 Å². The Morgan fingerprint density at radius 2 is 1.50 bits per heavy atom. The first kappa shape index (κ1) is 17.0. The Morgan fingerprint density at radius 1 is 0.900 bits per heavy atom. The molecule has 0 saturated heterocycles. The predicted octanol–water partition coefficient (Wildman–Crippen LogP) is 5.48. The van der Waals surface area contributed by atoms with Crippen LogP contribution in [0.2, 0.25) is 0 Å². The zero-order valence-corrected chi connectivity index (χ0v) is 13.1. The van der Waals surface area contributed by atoms with Crippen LogP contribution in [0.5, 0.6) is 0 Å². The number of hydrogen-bond acceptors (Lipinski definition) is 2. The Balaban J connectivity index is 1.90. The van der Waals surface area contributed by atoms with Crippen LogP contribution in [0.15, 0.2) is 24.4 Å². The molecule has 20 heavy (non-hydrogen) atoms. The van der Waals surface area contributed by atoms with Crippen molar-refractivity contribution >= 4 is 5.82 Å². The molecule has 0 aliphatic rings. The molecule has 0 aromatic carbocycles. The molecule has 0 atom stereocenters. The molecule has 112 valence electrons. The first-order valence-corrected chi connectivity index (χ1v) is 8.28. The lowest BCUT2D eigenvalue weighted by Crippen LogP contribution is -2.16. The lowest BCUT2D eigenvalue weighted by Gasteiger charge is -2.16. The molecule has 0 N–H and O–H groups in total. The lowest BCUT2D eigenvalue weighted by atomic mass is 10.1. The van der Waals surface area contributed by atoms with Gasteiger partial charge in [0.1, 0.15) is 5.82 Å². The highest BCUT2D eigenvalue weighted by molar-refractivity contribution is 5.37. The van der Waals surface area contributed by atoms with Crippen LogP contribution in [0.4, 0.5) is 5.82 Å². The fourth-order valence-electron chi connectivity index (χ4n) is 2.41. The van der Waals surface area contributed by atoms with Crippen molar-refractivity contribution in [2.24, 2.45) is 0 Å². The van der Waals surface area contributed by atoms with E-state index in [9.17, 15) is 0 Å². The van der Waals surface area contributed by atoms with E-state index in [1.54, 1.807) is 11.1 Å². The van der Waals surface area contributed by atoms with Crippen LogP contribution < -0.4 is 4.90 Å². The van der Waals surface area contributed by atoms with Crippen LogP contribution in [0, 0.1) is 7.05 Å². The number of aromatic nitrogens is 1. The van der Waals surface area contributed by atoms with Crippen molar-refractivity contribution in [3.05, 3.63) is 31.4 Å². The summed E-state index contributed by atoms with van der Waals surface area (Å²) in [6.07, 6.45) is 15.3. The van der Waals surface area contributed by atoms with Gasteiger partial charge in [-0.2, -0.15) is 0 Å². The molecule has 2 radical (unpaired) electrons. The summed E-state index contributed by atoms with van der Waals surface area (Å²) >= 11 is 0. The Kier molecular flexibility index (Phi) is 9.99. The average Bonchev–Trinajstić information content (AvgIpc) is 2.50. The Labute approximate surface area is 125 Å². The Bertz CT molecular complexity index is 310. The van der Waals surface area contributed by atoms with Crippen LogP contribution in [0.3, 0.4) is 0 Å². The Morgan fingerprint density at radius 3 is 2.05 bits per heavy atom. The quantitative estimate of drug-likeness (QED) is 0.371. The molecule has 0 aliphatic heterocycles. The highest BCUT2D eigenvalue weighted by Gasteiger charge is 2.00. The first-order valence-electron chi connectivity index (χ1n) is 8.28. The van der Waals surface area contributed by atoms with E-state index in [1.165, 1.54) is 57.8 Å². The van der Waals surface area contributed by atoms with Crippen molar-refractivity contribution in [3.63, 3.8) is 0 Å². The minimum atomic E-state index is 0.864. The molecule has 0 spiro atoms. The topological polar surface area (TPSA) is 16.1 Å². The number of hydrogen-bond donors (Lipinski definition) is 0. The van der Waals surface area contributed by atoms with E-state index < -0.39 is 0 Å². The monoisotopic (exact) mass is 274 g/mol. The van der Waals surface area contributed by atoms with Crippen LogP contribution in [0.25, 0.3) is 0 Å². The third kappa shape index (κ3) is 8.19. The van der Waals surface area contributed by atoms with Crippen molar-refractivity contribution in [3.8, 4) is 0 Å². The predicted molar refractivity (Wildman–Crippen MR) is 87.7 cm³/mol. The summed E-state index contributed by atoms with van der Waals surface area (Å²) in [6, 6.07) is 5.84. The third-order valence-corrected chi connectivity index (χ3v) is 3.70. The van der Waals surface area contributed by atoms with Gasteiger partial charge in [0.05, 0.1) is 7.05 Å². The third-order valence-electron chi connectivity index (χ3n) is 3.70. The summed E-state index contributed by atoms with van der Waals surface area (Å²) in [6.45, 7) is 3.17. The maximum absolute atomic E-state index is 5.97. The fraction of sp³-hybridized carbons (Fsp3) is 0.667. The standard InChI is InChI=1S/C18H30N2/c1-3-4-5-6-7-8-9-10-11-14-17-20(2)18-15-12-13-16-19-18/h2,12-13,15-16H,3-11,14,17H2,1H3. The second kappa shape index (κ2) is 11.7. The van der Waals surface area contributed by atoms with E-state index in [1.807, 2.05) is 18.2 Å². The first-order chi connectivity index (χ1) is 9.84. The maximum Gasteiger partial charge on any atom is 0.128 e. The van der Waals surface area contributed by atoms with Gasteiger partial charge in [-0.3, -0.25) is 0 Å². The van der Waals surface area contributed by atoms with E-state index in [0.29, 0.717) is 0 Å². The molecule has 1 aromatic rings. The normalized spacial score (nSPS) is 10.7. The highest BCUT2D eigenvalue weighted by atomic mass is 15.2. The molecular weight excluding hydrogens is 244 g/mol. The highest BCUT2D eigenvalue weighted by Crippen LogP contribution is 2.12. The summed E-state index contributed by atoms with van der Waals surface area (Å²) < 4.78 is 0. The van der Waals surface area contributed by atoms with Gasteiger partial charge in [0.2, 0.25) is 0 Å². The largest absolute Gasteiger partial charge is 0.349 e.